The van der Waals surface area contributed by atoms with Crippen molar-refractivity contribution >= 4 is 17.4 Å². The Labute approximate surface area is 155 Å². The number of hydrogen-bond donors (Lipinski definition) is 1. The first-order valence-electron chi connectivity index (χ1n) is 8.74. The summed E-state index contributed by atoms with van der Waals surface area (Å²) in [4.78, 5) is 26.3. The number of anilines is 1. The van der Waals surface area contributed by atoms with E-state index >= 15 is 0 Å². The van der Waals surface area contributed by atoms with Gasteiger partial charge in [0.05, 0.1) is 19.3 Å². The predicted octanol–water partition coefficient (Wildman–Crippen LogP) is 3.92. The summed E-state index contributed by atoms with van der Waals surface area (Å²) in [5, 5.41) is 2.86. The van der Waals surface area contributed by atoms with Gasteiger partial charge in [0.15, 0.2) is 5.78 Å². The summed E-state index contributed by atoms with van der Waals surface area (Å²) in [5.74, 6) is 0.582. The number of hydrogen-bond acceptors (Lipinski definition) is 4. The number of methoxy groups -OCH3 is 1. The summed E-state index contributed by atoms with van der Waals surface area (Å²) in [5.41, 5.74) is 2.16. The van der Waals surface area contributed by atoms with Crippen molar-refractivity contribution in [3.63, 3.8) is 0 Å². The SMILES string of the molecule is CCN(CC(=O)Nc1ccccc1C(C)=O)C(C)c1cccc(OC)c1. The Morgan fingerprint density at radius 1 is 1.15 bits per heavy atom. The van der Waals surface area contributed by atoms with Gasteiger partial charge in [0.2, 0.25) is 5.91 Å². The quantitative estimate of drug-likeness (QED) is 0.730. The summed E-state index contributed by atoms with van der Waals surface area (Å²) in [6.07, 6.45) is 0. The molecule has 1 atom stereocenters. The van der Waals surface area contributed by atoms with Crippen molar-refractivity contribution in [1.29, 1.82) is 0 Å². The molecule has 2 aromatic carbocycles. The molecule has 1 unspecified atom stereocenters. The molecule has 0 saturated heterocycles. The normalized spacial score (nSPS) is 11.9. The van der Waals surface area contributed by atoms with E-state index in [1.54, 1.807) is 31.4 Å². The highest BCUT2D eigenvalue weighted by atomic mass is 16.5. The molecule has 1 amide bonds. The lowest BCUT2D eigenvalue weighted by atomic mass is 10.1. The number of carbonyl (C=O) groups is 2. The van der Waals surface area contributed by atoms with Crippen molar-refractivity contribution in [3.8, 4) is 5.75 Å². The van der Waals surface area contributed by atoms with Crippen molar-refractivity contribution in [2.24, 2.45) is 0 Å². The van der Waals surface area contributed by atoms with Crippen LogP contribution in [0.25, 0.3) is 0 Å². The summed E-state index contributed by atoms with van der Waals surface area (Å²) < 4.78 is 5.28. The van der Waals surface area contributed by atoms with Crippen LogP contribution in [0.4, 0.5) is 5.69 Å². The highest BCUT2D eigenvalue weighted by molar-refractivity contribution is 6.04. The van der Waals surface area contributed by atoms with Crippen LogP contribution in [-0.2, 0) is 4.79 Å². The molecule has 0 saturated carbocycles. The van der Waals surface area contributed by atoms with Crippen LogP contribution in [0.5, 0.6) is 5.75 Å². The average Bonchev–Trinajstić information content (AvgIpc) is 2.65. The lowest BCUT2D eigenvalue weighted by molar-refractivity contribution is -0.117. The number of nitrogens with one attached hydrogen (secondary N) is 1. The van der Waals surface area contributed by atoms with E-state index in [1.807, 2.05) is 31.2 Å². The maximum atomic E-state index is 12.5. The molecular weight excluding hydrogens is 328 g/mol. The first-order chi connectivity index (χ1) is 12.5. The molecule has 2 aromatic rings. The maximum absolute atomic E-state index is 12.5. The summed E-state index contributed by atoms with van der Waals surface area (Å²) in [6.45, 7) is 6.54. The number of Topliss-reactive ketones (excluding diaryl/α,β-unsaturated/α-hetero) is 1. The lowest BCUT2D eigenvalue weighted by Crippen LogP contribution is -2.35. The Morgan fingerprint density at radius 2 is 1.88 bits per heavy atom. The molecule has 0 heterocycles. The standard InChI is InChI=1S/C21H26N2O3/c1-5-23(15(2)17-9-8-10-18(13-17)26-4)14-21(25)22-20-12-7-6-11-19(20)16(3)24/h6-13,15H,5,14H2,1-4H3,(H,22,25). The van der Waals surface area contributed by atoms with E-state index in [0.29, 0.717) is 11.3 Å². The van der Waals surface area contributed by atoms with E-state index in [-0.39, 0.29) is 24.3 Å². The molecule has 5 heteroatoms. The molecule has 0 bridgehead atoms. The second kappa shape index (κ2) is 9.15. The molecule has 0 spiro atoms. The number of para-hydroxylation sites is 1. The zero-order valence-electron chi connectivity index (χ0n) is 15.8. The maximum Gasteiger partial charge on any atom is 0.238 e. The number of carbonyl (C=O) groups excluding carboxylic acids is 2. The van der Waals surface area contributed by atoms with Gasteiger partial charge in [-0.1, -0.05) is 31.2 Å². The van der Waals surface area contributed by atoms with Crippen LogP contribution in [0.3, 0.4) is 0 Å². The van der Waals surface area contributed by atoms with Gasteiger partial charge in [0.25, 0.3) is 0 Å². The van der Waals surface area contributed by atoms with Gasteiger partial charge in [-0.3, -0.25) is 14.5 Å². The molecule has 0 aliphatic carbocycles. The number of nitrogens with zero attached hydrogens (tertiary/aromatic N) is 1. The molecule has 138 valence electrons. The first kappa shape index (κ1) is 19.7. The molecule has 2 rings (SSSR count). The van der Waals surface area contributed by atoms with Gasteiger partial charge in [-0.25, -0.2) is 0 Å². The van der Waals surface area contributed by atoms with Gasteiger partial charge in [-0.15, -0.1) is 0 Å². The minimum Gasteiger partial charge on any atom is -0.497 e. The molecule has 0 aliphatic heterocycles. The molecule has 0 radical (unpaired) electrons. The minimum absolute atomic E-state index is 0.0592. The Morgan fingerprint density at radius 3 is 2.54 bits per heavy atom. The lowest BCUT2D eigenvalue weighted by Gasteiger charge is -2.28. The third-order valence-electron chi connectivity index (χ3n) is 4.46. The Balaban J connectivity index is 2.09. The van der Waals surface area contributed by atoms with Crippen molar-refractivity contribution in [1.82, 2.24) is 4.90 Å². The van der Waals surface area contributed by atoms with E-state index < -0.39 is 0 Å². The fraction of sp³-hybridized carbons (Fsp3) is 0.333. The smallest absolute Gasteiger partial charge is 0.238 e. The third-order valence-corrected chi connectivity index (χ3v) is 4.46. The van der Waals surface area contributed by atoms with Crippen LogP contribution < -0.4 is 10.1 Å². The van der Waals surface area contributed by atoms with E-state index in [4.69, 9.17) is 4.74 Å². The topological polar surface area (TPSA) is 58.6 Å². The van der Waals surface area contributed by atoms with E-state index in [0.717, 1.165) is 17.9 Å². The fourth-order valence-electron chi connectivity index (χ4n) is 2.91. The van der Waals surface area contributed by atoms with Crippen molar-refractivity contribution in [2.75, 3.05) is 25.5 Å². The van der Waals surface area contributed by atoms with Gasteiger partial charge in [0.1, 0.15) is 5.75 Å². The number of ether oxygens (including phenoxy) is 1. The van der Waals surface area contributed by atoms with Gasteiger partial charge < -0.3 is 10.1 Å². The van der Waals surface area contributed by atoms with Crippen LogP contribution in [0.15, 0.2) is 48.5 Å². The molecule has 0 fully saturated rings. The summed E-state index contributed by atoms with van der Waals surface area (Å²) in [7, 11) is 1.64. The van der Waals surface area contributed by atoms with E-state index in [9.17, 15) is 9.59 Å². The monoisotopic (exact) mass is 354 g/mol. The molecule has 1 N–H and O–H groups in total. The minimum atomic E-state index is -0.143. The summed E-state index contributed by atoms with van der Waals surface area (Å²) in [6, 6.07) is 15.0. The van der Waals surface area contributed by atoms with Crippen LogP contribution in [-0.4, -0.2) is 36.8 Å². The van der Waals surface area contributed by atoms with E-state index in [2.05, 4.69) is 17.1 Å². The molecule has 0 aromatic heterocycles. The highest BCUT2D eigenvalue weighted by Crippen LogP contribution is 2.24. The largest absolute Gasteiger partial charge is 0.497 e. The molecule has 26 heavy (non-hydrogen) atoms. The number of amides is 1. The number of likely N-dealkylation sites (N-methyl/N-ethyl adjacent to an activating group) is 1. The zero-order chi connectivity index (χ0) is 19.1. The van der Waals surface area contributed by atoms with Crippen LogP contribution in [0.2, 0.25) is 0 Å². The second-order valence-corrected chi connectivity index (χ2v) is 6.17. The predicted molar refractivity (Wildman–Crippen MR) is 104 cm³/mol. The van der Waals surface area contributed by atoms with Crippen LogP contribution >= 0.6 is 0 Å². The van der Waals surface area contributed by atoms with Gasteiger partial charge >= 0.3 is 0 Å². The molecule has 0 aliphatic rings. The number of rotatable bonds is 8. The first-order valence-corrected chi connectivity index (χ1v) is 8.74. The fourth-order valence-corrected chi connectivity index (χ4v) is 2.91. The zero-order valence-corrected chi connectivity index (χ0v) is 15.8. The second-order valence-electron chi connectivity index (χ2n) is 6.17. The summed E-state index contributed by atoms with van der Waals surface area (Å²) >= 11 is 0. The van der Waals surface area contributed by atoms with Crippen molar-refractivity contribution in [3.05, 3.63) is 59.7 Å². The third kappa shape index (κ3) is 4.92. The van der Waals surface area contributed by atoms with Crippen LogP contribution in [0, 0.1) is 0 Å². The molecule has 5 nitrogen and oxygen atoms in total. The Bertz CT molecular complexity index is 773. The van der Waals surface area contributed by atoms with Crippen molar-refractivity contribution in [2.45, 2.75) is 26.8 Å². The van der Waals surface area contributed by atoms with Gasteiger partial charge in [-0.2, -0.15) is 0 Å². The van der Waals surface area contributed by atoms with Crippen LogP contribution in [0.1, 0.15) is 42.7 Å². The highest BCUT2D eigenvalue weighted by Gasteiger charge is 2.19. The number of ketones is 1. The Hall–Kier alpha value is -2.66. The van der Waals surface area contributed by atoms with E-state index in [1.165, 1.54) is 6.92 Å². The van der Waals surface area contributed by atoms with Gasteiger partial charge in [-0.05, 0) is 50.2 Å². The average molecular weight is 354 g/mol. The molecular formula is C21H26N2O3. The van der Waals surface area contributed by atoms with Crippen molar-refractivity contribution < 1.29 is 14.3 Å². The van der Waals surface area contributed by atoms with Gasteiger partial charge in [0, 0.05) is 11.6 Å². The Kier molecular flexibility index (Phi) is 6.92. The number of benzene rings is 2.